The van der Waals surface area contributed by atoms with E-state index >= 15 is 0 Å². The largest absolute Gasteiger partial charge is 0.347 e. The van der Waals surface area contributed by atoms with Gasteiger partial charge in [0.15, 0.2) is 0 Å². The zero-order valence-electron chi connectivity index (χ0n) is 10.5. The topological polar surface area (TPSA) is 75.0 Å². The summed E-state index contributed by atoms with van der Waals surface area (Å²) in [5, 5.41) is 0. The summed E-state index contributed by atoms with van der Waals surface area (Å²) >= 11 is 0. The number of nitrogens with one attached hydrogen (secondary N) is 1. The van der Waals surface area contributed by atoms with Crippen molar-refractivity contribution in [3.05, 3.63) is 58.1 Å². The van der Waals surface area contributed by atoms with Crippen molar-refractivity contribution in [1.29, 1.82) is 0 Å². The molecule has 98 valence electrons. The van der Waals surface area contributed by atoms with Gasteiger partial charge in [0.25, 0.3) is 5.56 Å². The highest BCUT2D eigenvalue weighted by Gasteiger charge is 2.25. The Morgan fingerprint density at radius 2 is 2.16 bits per heavy atom. The van der Waals surface area contributed by atoms with Gasteiger partial charge < -0.3 is 15.6 Å². The summed E-state index contributed by atoms with van der Waals surface area (Å²) in [5.41, 5.74) is 8.34. The molecule has 0 spiro atoms. The number of benzene rings is 1. The van der Waals surface area contributed by atoms with E-state index in [-0.39, 0.29) is 11.6 Å². The molecule has 2 aromatic rings. The molecule has 0 radical (unpaired) electrons. The third kappa shape index (κ3) is 2.24. The van der Waals surface area contributed by atoms with E-state index in [1.165, 1.54) is 23.5 Å². The molecular formula is C14H16N4O. The summed E-state index contributed by atoms with van der Waals surface area (Å²) in [4.78, 5) is 20.3. The number of aromatic nitrogens is 2. The molecule has 5 nitrogen and oxygen atoms in total. The predicted molar refractivity (Wildman–Crippen MR) is 74.0 cm³/mol. The molecule has 0 aliphatic carbocycles. The van der Waals surface area contributed by atoms with Crippen molar-refractivity contribution in [2.24, 2.45) is 5.73 Å². The summed E-state index contributed by atoms with van der Waals surface area (Å²) < 4.78 is 0. The van der Waals surface area contributed by atoms with Crippen LogP contribution in [0.2, 0.25) is 0 Å². The predicted octanol–water partition coefficient (Wildman–Crippen LogP) is 0.660. The van der Waals surface area contributed by atoms with Crippen LogP contribution in [-0.2, 0) is 13.0 Å². The normalized spacial score (nSPS) is 18.2. The molecule has 19 heavy (non-hydrogen) atoms. The smallest absolute Gasteiger partial charge is 0.252 e. The van der Waals surface area contributed by atoms with Gasteiger partial charge in [-0.15, -0.1) is 0 Å². The fraction of sp³-hybridized carbons (Fsp3) is 0.286. The fourth-order valence-corrected chi connectivity index (χ4v) is 2.58. The Hall–Kier alpha value is -2.14. The zero-order chi connectivity index (χ0) is 13.2. The minimum absolute atomic E-state index is 0.139. The summed E-state index contributed by atoms with van der Waals surface area (Å²) in [6.07, 6.45) is 2.33. The summed E-state index contributed by atoms with van der Waals surface area (Å²) in [7, 11) is 0. The molecular weight excluding hydrogens is 240 g/mol. The first-order chi connectivity index (χ1) is 9.28. The Balaban J connectivity index is 1.99. The molecule has 5 heteroatoms. The molecule has 1 atom stereocenters. The lowest BCUT2D eigenvalue weighted by molar-refractivity contribution is 0.555. The molecule has 3 rings (SSSR count). The monoisotopic (exact) mass is 256 g/mol. The van der Waals surface area contributed by atoms with E-state index < -0.39 is 0 Å². The Morgan fingerprint density at radius 3 is 2.89 bits per heavy atom. The number of nitrogens with zero attached hydrogens (tertiary/aromatic N) is 2. The fourth-order valence-electron chi connectivity index (χ4n) is 2.58. The van der Waals surface area contributed by atoms with Crippen LogP contribution >= 0.6 is 0 Å². The van der Waals surface area contributed by atoms with E-state index in [0.717, 1.165) is 13.0 Å². The van der Waals surface area contributed by atoms with Crippen LogP contribution in [0.15, 0.2) is 41.5 Å². The van der Waals surface area contributed by atoms with E-state index in [0.29, 0.717) is 12.4 Å². The minimum Gasteiger partial charge on any atom is -0.347 e. The standard InChI is InChI=1S/C14H16N4O/c15-7-12-5-10-3-1-2-4-11(10)8-18(12)13-6-14(19)17-9-16-13/h1-4,6,9,12H,5,7-8,15H2,(H,16,17,19). The maximum Gasteiger partial charge on any atom is 0.252 e. The van der Waals surface area contributed by atoms with Crippen LogP contribution in [0.1, 0.15) is 11.1 Å². The molecule has 0 saturated carbocycles. The highest BCUT2D eigenvalue weighted by molar-refractivity contribution is 5.45. The van der Waals surface area contributed by atoms with E-state index in [2.05, 4.69) is 27.0 Å². The number of hydrogen-bond acceptors (Lipinski definition) is 4. The van der Waals surface area contributed by atoms with Crippen molar-refractivity contribution in [3.8, 4) is 0 Å². The van der Waals surface area contributed by atoms with Gasteiger partial charge in [0.1, 0.15) is 5.82 Å². The minimum atomic E-state index is -0.139. The molecule has 1 aliphatic rings. The number of aromatic amines is 1. The Morgan fingerprint density at radius 1 is 1.37 bits per heavy atom. The zero-order valence-corrected chi connectivity index (χ0v) is 10.5. The number of fused-ring (bicyclic) bond motifs is 1. The first kappa shape index (κ1) is 11.9. The van der Waals surface area contributed by atoms with Crippen molar-refractivity contribution in [2.75, 3.05) is 11.4 Å². The average molecular weight is 256 g/mol. The van der Waals surface area contributed by atoms with Gasteiger partial charge in [-0.25, -0.2) is 4.98 Å². The van der Waals surface area contributed by atoms with Crippen molar-refractivity contribution in [2.45, 2.75) is 19.0 Å². The molecule has 1 aliphatic heterocycles. The molecule has 0 bridgehead atoms. The molecule has 0 saturated heterocycles. The van der Waals surface area contributed by atoms with Crippen LogP contribution in [-0.4, -0.2) is 22.6 Å². The first-order valence-electron chi connectivity index (χ1n) is 6.36. The number of nitrogens with two attached hydrogens (primary N) is 1. The Labute approximate surface area is 111 Å². The molecule has 2 heterocycles. The average Bonchev–Trinajstić information content (AvgIpc) is 2.46. The molecule has 1 aromatic carbocycles. The summed E-state index contributed by atoms with van der Waals surface area (Å²) in [5.74, 6) is 0.689. The number of hydrogen-bond donors (Lipinski definition) is 2. The Kier molecular flexibility index (Phi) is 3.05. The highest BCUT2D eigenvalue weighted by Crippen LogP contribution is 2.25. The van der Waals surface area contributed by atoms with Gasteiger partial charge in [-0.1, -0.05) is 24.3 Å². The van der Waals surface area contributed by atoms with Crippen LogP contribution in [0, 0.1) is 0 Å². The maximum atomic E-state index is 11.4. The quantitative estimate of drug-likeness (QED) is 0.827. The maximum absolute atomic E-state index is 11.4. The van der Waals surface area contributed by atoms with Crippen molar-refractivity contribution in [1.82, 2.24) is 9.97 Å². The van der Waals surface area contributed by atoms with E-state index in [9.17, 15) is 4.79 Å². The second kappa shape index (κ2) is 4.85. The van der Waals surface area contributed by atoms with Gasteiger partial charge >= 0.3 is 0 Å². The lowest BCUT2D eigenvalue weighted by Crippen LogP contribution is -2.45. The van der Waals surface area contributed by atoms with E-state index in [4.69, 9.17) is 5.73 Å². The van der Waals surface area contributed by atoms with Crippen molar-refractivity contribution in [3.63, 3.8) is 0 Å². The van der Waals surface area contributed by atoms with Gasteiger partial charge in [0.2, 0.25) is 0 Å². The highest BCUT2D eigenvalue weighted by atomic mass is 16.1. The van der Waals surface area contributed by atoms with Crippen LogP contribution in [0.4, 0.5) is 5.82 Å². The lowest BCUT2D eigenvalue weighted by atomic mass is 9.94. The third-order valence-corrected chi connectivity index (χ3v) is 3.59. The van der Waals surface area contributed by atoms with Crippen molar-refractivity contribution >= 4 is 5.82 Å². The van der Waals surface area contributed by atoms with Crippen LogP contribution in [0.5, 0.6) is 0 Å². The number of H-pyrrole nitrogens is 1. The molecule has 1 unspecified atom stereocenters. The SMILES string of the molecule is NCC1Cc2ccccc2CN1c1cc(=O)[nH]cn1. The van der Waals surface area contributed by atoms with Crippen LogP contribution < -0.4 is 16.2 Å². The van der Waals surface area contributed by atoms with Gasteiger partial charge in [0.05, 0.1) is 6.33 Å². The second-order valence-electron chi connectivity index (χ2n) is 4.76. The van der Waals surface area contributed by atoms with Crippen LogP contribution in [0.3, 0.4) is 0 Å². The summed E-state index contributed by atoms with van der Waals surface area (Å²) in [6.45, 7) is 1.29. The molecule has 0 amide bonds. The Bertz CT molecular complexity index is 637. The van der Waals surface area contributed by atoms with Gasteiger partial charge in [0, 0.05) is 25.2 Å². The molecule has 1 aromatic heterocycles. The van der Waals surface area contributed by atoms with E-state index in [1.54, 1.807) is 0 Å². The van der Waals surface area contributed by atoms with Gasteiger partial charge in [-0.2, -0.15) is 0 Å². The van der Waals surface area contributed by atoms with Gasteiger partial charge in [-0.05, 0) is 17.5 Å². The lowest BCUT2D eigenvalue weighted by Gasteiger charge is -2.37. The van der Waals surface area contributed by atoms with Gasteiger partial charge in [-0.3, -0.25) is 4.79 Å². The van der Waals surface area contributed by atoms with Crippen molar-refractivity contribution < 1.29 is 0 Å². The second-order valence-corrected chi connectivity index (χ2v) is 4.76. The summed E-state index contributed by atoms with van der Waals surface area (Å²) in [6, 6.07) is 10.0. The first-order valence-corrected chi connectivity index (χ1v) is 6.36. The molecule has 0 fully saturated rings. The molecule has 3 N–H and O–H groups in total. The van der Waals surface area contributed by atoms with Crippen LogP contribution in [0.25, 0.3) is 0 Å². The number of anilines is 1. The number of rotatable bonds is 2. The third-order valence-electron chi connectivity index (χ3n) is 3.59. The van der Waals surface area contributed by atoms with E-state index in [1.807, 2.05) is 12.1 Å².